The van der Waals surface area contributed by atoms with Crippen LogP contribution in [0.4, 0.5) is 17.1 Å². The fourth-order valence-corrected chi connectivity index (χ4v) is 1.93. The fourth-order valence-electron chi connectivity index (χ4n) is 1.93. The molecule has 0 amide bonds. The van der Waals surface area contributed by atoms with Gasteiger partial charge >= 0.3 is 23.0 Å². The van der Waals surface area contributed by atoms with Gasteiger partial charge in [0.1, 0.15) is 0 Å². The lowest BCUT2D eigenvalue weighted by molar-refractivity contribution is -0.406. The standard InChI is InChI=1S/C9H9N3O9.C4H8O2/c1-19-7-4(10(13)14)8(20-2)6(12(17)18)9(21-3)5(7)11(15)16;1-3-6-4(2)5/h1-3H3;3H2,1-2H3. The van der Waals surface area contributed by atoms with Crippen molar-refractivity contribution in [1.82, 2.24) is 0 Å². The lowest BCUT2D eigenvalue weighted by Crippen LogP contribution is -2.07. The molecular weight excluding hydrogens is 374 g/mol. The van der Waals surface area contributed by atoms with E-state index in [0.29, 0.717) is 6.61 Å². The van der Waals surface area contributed by atoms with Gasteiger partial charge in [0.05, 0.1) is 42.7 Å². The number of esters is 1. The number of hydrogen-bond donors (Lipinski definition) is 0. The molecule has 1 aromatic rings. The predicted octanol–water partition coefficient (Wildman–Crippen LogP) is 2.01. The highest BCUT2D eigenvalue weighted by Gasteiger charge is 2.45. The highest BCUT2D eigenvalue weighted by atomic mass is 16.7. The number of carbonyl (C=O) groups is 1. The molecular formula is C13H17N3O11. The number of nitro benzene ring substituents is 3. The lowest BCUT2D eigenvalue weighted by atomic mass is 10.1. The first-order valence-electron chi connectivity index (χ1n) is 7.01. The quantitative estimate of drug-likeness (QED) is 0.376. The molecule has 0 fully saturated rings. The lowest BCUT2D eigenvalue weighted by Gasteiger charge is -2.10. The van der Waals surface area contributed by atoms with Crippen LogP contribution in [0.5, 0.6) is 17.2 Å². The van der Waals surface area contributed by atoms with Crippen LogP contribution in [0.25, 0.3) is 0 Å². The molecule has 0 radical (unpaired) electrons. The number of rotatable bonds is 7. The van der Waals surface area contributed by atoms with Crippen molar-refractivity contribution in [1.29, 1.82) is 0 Å². The molecule has 0 aromatic heterocycles. The molecule has 0 saturated carbocycles. The zero-order chi connectivity index (χ0) is 21.3. The summed E-state index contributed by atoms with van der Waals surface area (Å²) in [6.45, 7) is 3.65. The summed E-state index contributed by atoms with van der Waals surface area (Å²) in [5.41, 5.74) is -3.09. The second-order valence-electron chi connectivity index (χ2n) is 4.34. The van der Waals surface area contributed by atoms with E-state index in [-0.39, 0.29) is 5.97 Å². The summed E-state index contributed by atoms with van der Waals surface area (Å²) < 4.78 is 18.4. The molecule has 0 aliphatic rings. The van der Waals surface area contributed by atoms with Gasteiger partial charge in [-0.2, -0.15) is 0 Å². The summed E-state index contributed by atoms with van der Waals surface area (Å²) in [6.07, 6.45) is 0. The first-order chi connectivity index (χ1) is 12.6. The van der Waals surface area contributed by atoms with Gasteiger partial charge in [0.2, 0.25) is 0 Å². The van der Waals surface area contributed by atoms with Crippen molar-refractivity contribution in [3.05, 3.63) is 30.3 Å². The Bertz CT molecular complexity index is 641. The number of methoxy groups -OCH3 is 3. The van der Waals surface area contributed by atoms with E-state index in [1.807, 2.05) is 0 Å². The minimum Gasteiger partial charge on any atom is -0.485 e. The van der Waals surface area contributed by atoms with Crippen molar-refractivity contribution in [2.24, 2.45) is 0 Å². The van der Waals surface area contributed by atoms with E-state index >= 15 is 0 Å². The van der Waals surface area contributed by atoms with Gasteiger partial charge in [0, 0.05) is 6.92 Å². The summed E-state index contributed by atoms with van der Waals surface area (Å²) >= 11 is 0. The molecule has 0 spiro atoms. The Morgan fingerprint density at radius 1 is 0.778 bits per heavy atom. The topological polar surface area (TPSA) is 183 Å². The number of carbonyl (C=O) groups excluding carboxylic acids is 1. The van der Waals surface area contributed by atoms with Crippen LogP contribution in [-0.2, 0) is 9.53 Å². The molecule has 150 valence electrons. The second kappa shape index (κ2) is 10.3. The van der Waals surface area contributed by atoms with Crippen LogP contribution in [0.3, 0.4) is 0 Å². The molecule has 0 bridgehead atoms. The van der Waals surface area contributed by atoms with Crippen LogP contribution >= 0.6 is 0 Å². The average molecular weight is 391 g/mol. The molecule has 14 nitrogen and oxygen atoms in total. The van der Waals surface area contributed by atoms with Gasteiger partial charge in [0.25, 0.3) is 17.2 Å². The molecule has 0 atom stereocenters. The van der Waals surface area contributed by atoms with E-state index in [9.17, 15) is 35.1 Å². The van der Waals surface area contributed by atoms with Crippen molar-refractivity contribution < 1.29 is 38.5 Å². The first-order valence-corrected chi connectivity index (χ1v) is 7.01. The van der Waals surface area contributed by atoms with Crippen molar-refractivity contribution in [3.63, 3.8) is 0 Å². The van der Waals surface area contributed by atoms with Crippen LogP contribution < -0.4 is 14.2 Å². The van der Waals surface area contributed by atoms with Crippen LogP contribution in [0, 0.1) is 30.3 Å². The van der Waals surface area contributed by atoms with Crippen molar-refractivity contribution >= 4 is 23.0 Å². The normalized spacial score (nSPS) is 9.37. The Morgan fingerprint density at radius 3 is 1.11 bits per heavy atom. The van der Waals surface area contributed by atoms with E-state index in [1.165, 1.54) is 6.92 Å². The van der Waals surface area contributed by atoms with Gasteiger partial charge in [-0.25, -0.2) is 0 Å². The van der Waals surface area contributed by atoms with Crippen molar-refractivity contribution in [2.45, 2.75) is 13.8 Å². The van der Waals surface area contributed by atoms with E-state index in [1.54, 1.807) is 6.92 Å². The number of benzene rings is 1. The summed E-state index contributed by atoms with van der Waals surface area (Å²) in [5, 5.41) is 33.2. The molecule has 0 aliphatic heterocycles. The van der Waals surface area contributed by atoms with Crippen LogP contribution in [0.2, 0.25) is 0 Å². The van der Waals surface area contributed by atoms with Gasteiger partial charge in [-0.1, -0.05) is 0 Å². The third-order valence-corrected chi connectivity index (χ3v) is 2.80. The Hall–Kier alpha value is -3.71. The Kier molecular flexibility index (Phi) is 8.90. The molecule has 0 unspecified atom stereocenters. The largest absolute Gasteiger partial charge is 0.485 e. The minimum absolute atomic E-state index is 0.211. The van der Waals surface area contributed by atoms with Gasteiger partial charge in [0.15, 0.2) is 0 Å². The zero-order valence-corrected chi connectivity index (χ0v) is 15.0. The Labute approximate surface area is 152 Å². The maximum absolute atomic E-state index is 11.1. The van der Waals surface area contributed by atoms with Gasteiger partial charge in [-0.3, -0.25) is 35.1 Å². The summed E-state index contributed by atoms with van der Waals surface area (Å²) in [5.74, 6) is -2.62. The summed E-state index contributed by atoms with van der Waals surface area (Å²) in [6, 6.07) is 0. The monoisotopic (exact) mass is 391 g/mol. The smallest absolute Gasteiger partial charge is 0.367 e. The van der Waals surface area contributed by atoms with Crippen LogP contribution in [0.1, 0.15) is 13.8 Å². The SMILES string of the molecule is CCOC(C)=O.COc1c([N+](=O)[O-])c(OC)c([N+](=O)[O-])c(OC)c1[N+](=O)[O-]. The zero-order valence-electron chi connectivity index (χ0n) is 15.0. The second-order valence-corrected chi connectivity index (χ2v) is 4.34. The van der Waals surface area contributed by atoms with Crippen LogP contribution in [0.15, 0.2) is 0 Å². The van der Waals surface area contributed by atoms with Crippen LogP contribution in [-0.4, -0.2) is 48.7 Å². The summed E-state index contributed by atoms with van der Waals surface area (Å²) in [4.78, 5) is 39.8. The maximum Gasteiger partial charge on any atom is 0.367 e. The number of ether oxygens (including phenoxy) is 4. The molecule has 0 aliphatic carbocycles. The predicted molar refractivity (Wildman–Crippen MR) is 88.4 cm³/mol. The number of hydrogen-bond acceptors (Lipinski definition) is 11. The third-order valence-electron chi connectivity index (χ3n) is 2.80. The van der Waals surface area contributed by atoms with E-state index in [0.717, 1.165) is 21.3 Å². The third kappa shape index (κ3) is 5.38. The Balaban J connectivity index is 0.000000972. The molecule has 27 heavy (non-hydrogen) atoms. The van der Waals surface area contributed by atoms with Gasteiger partial charge in [-0.15, -0.1) is 0 Å². The average Bonchev–Trinajstić information content (AvgIpc) is 2.58. The highest BCUT2D eigenvalue weighted by Crippen LogP contribution is 2.56. The molecule has 0 heterocycles. The molecule has 1 aromatic carbocycles. The molecule has 0 saturated heterocycles. The number of nitrogens with zero attached hydrogens (tertiary/aromatic N) is 3. The van der Waals surface area contributed by atoms with E-state index in [4.69, 9.17) is 0 Å². The van der Waals surface area contributed by atoms with Gasteiger partial charge < -0.3 is 18.9 Å². The molecule has 14 heteroatoms. The highest BCUT2D eigenvalue weighted by molar-refractivity contribution is 5.82. The minimum atomic E-state index is -1.07. The summed E-state index contributed by atoms with van der Waals surface area (Å²) in [7, 11) is 2.83. The molecule has 0 N–H and O–H groups in total. The van der Waals surface area contributed by atoms with Crippen molar-refractivity contribution in [2.75, 3.05) is 27.9 Å². The fraction of sp³-hybridized carbons (Fsp3) is 0.462. The maximum atomic E-state index is 11.1. The Morgan fingerprint density at radius 2 is 1.04 bits per heavy atom. The number of nitro groups is 3. The van der Waals surface area contributed by atoms with E-state index in [2.05, 4.69) is 18.9 Å². The van der Waals surface area contributed by atoms with Gasteiger partial charge in [-0.05, 0) is 6.92 Å². The van der Waals surface area contributed by atoms with E-state index < -0.39 is 49.1 Å². The first kappa shape index (κ1) is 23.3. The van der Waals surface area contributed by atoms with Crippen molar-refractivity contribution in [3.8, 4) is 17.2 Å². The molecule has 1 rings (SSSR count).